The molecule has 0 aliphatic carbocycles. The van der Waals surface area contributed by atoms with Crippen LogP contribution in [-0.2, 0) is 6.54 Å². The Morgan fingerprint density at radius 3 is 2.55 bits per heavy atom. The van der Waals surface area contributed by atoms with Gasteiger partial charge in [-0.15, -0.1) is 10.2 Å². The first-order valence-corrected chi connectivity index (χ1v) is 9.52. The van der Waals surface area contributed by atoms with Gasteiger partial charge in [-0.3, -0.25) is 9.78 Å². The van der Waals surface area contributed by atoms with Crippen LogP contribution in [0.5, 0.6) is 6.01 Å². The molecular formula is C18H12F3N7O2S. The highest BCUT2D eigenvalue weighted by atomic mass is 32.1. The van der Waals surface area contributed by atoms with E-state index >= 15 is 0 Å². The molecule has 0 aliphatic rings. The van der Waals surface area contributed by atoms with Crippen LogP contribution in [0.15, 0.2) is 53.8 Å². The molecule has 4 aromatic rings. The van der Waals surface area contributed by atoms with Crippen LogP contribution in [0.25, 0.3) is 21.8 Å². The third-order valence-corrected chi connectivity index (χ3v) is 4.77. The number of pyridine rings is 1. The van der Waals surface area contributed by atoms with Crippen molar-refractivity contribution in [1.29, 1.82) is 0 Å². The summed E-state index contributed by atoms with van der Waals surface area (Å²) in [6.45, 7) is -1.39. The molecule has 0 fully saturated rings. The van der Waals surface area contributed by atoms with E-state index in [1.165, 1.54) is 40.5 Å². The van der Waals surface area contributed by atoms with Crippen LogP contribution >= 0.6 is 11.3 Å². The zero-order valence-corrected chi connectivity index (χ0v) is 16.3. The fraction of sp³-hybridized carbons (Fsp3) is 0.167. The average Bonchev–Trinajstić information content (AvgIpc) is 3.23. The molecule has 9 nitrogen and oxygen atoms in total. The smallest absolute Gasteiger partial charge is 0.422 e. The number of alkyl halides is 3. The molecule has 4 heterocycles. The molecule has 0 saturated heterocycles. The summed E-state index contributed by atoms with van der Waals surface area (Å²) in [6.07, 6.45) is 1.36. The molecule has 0 radical (unpaired) electrons. The lowest BCUT2D eigenvalue weighted by molar-refractivity contribution is -0.154. The van der Waals surface area contributed by atoms with E-state index in [2.05, 4.69) is 35.0 Å². The molecule has 0 bridgehead atoms. The van der Waals surface area contributed by atoms with Crippen LogP contribution in [0.4, 0.5) is 13.2 Å². The van der Waals surface area contributed by atoms with Crippen LogP contribution in [0.3, 0.4) is 0 Å². The van der Waals surface area contributed by atoms with E-state index < -0.39 is 18.8 Å². The highest BCUT2D eigenvalue weighted by Crippen LogP contribution is 2.23. The van der Waals surface area contributed by atoms with Gasteiger partial charge in [0.15, 0.2) is 6.61 Å². The van der Waals surface area contributed by atoms with Gasteiger partial charge in [-0.1, -0.05) is 11.3 Å². The predicted molar refractivity (Wildman–Crippen MR) is 103 cm³/mol. The Bertz CT molecular complexity index is 1230. The van der Waals surface area contributed by atoms with Gasteiger partial charge in [0.25, 0.3) is 5.56 Å². The first-order valence-electron chi connectivity index (χ1n) is 8.70. The Balaban J connectivity index is 1.51. The fourth-order valence-corrected chi connectivity index (χ4v) is 3.25. The van der Waals surface area contributed by atoms with Crippen LogP contribution in [0, 0.1) is 0 Å². The number of rotatable bonds is 6. The zero-order valence-electron chi connectivity index (χ0n) is 15.5. The first-order chi connectivity index (χ1) is 14.9. The molecule has 0 unspecified atom stereocenters. The normalized spacial score (nSPS) is 11.5. The van der Waals surface area contributed by atoms with Crippen molar-refractivity contribution in [3.8, 4) is 27.8 Å². The summed E-state index contributed by atoms with van der Waals surface area (Å²) in [4.78, 5) is 23.7. The van der Waals surface area contributed by atoms with Crippen LogP contribution in [0.2, 0.25) is 0 Å². The van der Waals surface area contributed by atoms with E-state index in [1.54, 1.807) is 18.5 Å². The van der Waals surface area contributed by atoms with E-state index in [0.29, 0.717) is 21.3 Å². The average molecular weight is 447 g/mol. The monoisotopic (exact) mass is 447 g/mol. The van der Waals surface area contributed by atoms with Crippen LogP contribution in [-0.4, -0.2) is 47.7 Å². The van der Waals surface area contributed by atoms with E-state index in [9.17, 15) is 18.0 Å². The first kappa shape index (κ1) is 20.5. The Labute approximate surface area is 176 Å². The molecule has 4 rings (SSSR count). The zero-order chi connectivity index (χ0) is 21.8. The Morgan fingerprint density at radius 1 is 1.03 bits per heavy atom. The Hall–Kier alpha value is -3.74. The van der Waals surface area contributed by atoms with Crippen molar-refractivity contribution in [3.05, 3.63) is 64.4 Å². The molecule has 0 aromatic carbocycles. The topological polar surface area (TPSA) is 109 Å². The van der Waals surface area contributed by atoms with E-state index in [-0.39, 0.29) is 12.1 Å². The highest BCUT2D eigenvalue weighted by Gasteiger charge is 2.28. The summed E-state index contributed by atoms with van der Waals surface area (Å²) in [5, 5.41) is 13.7. The summed E-state index contributed by atoms with van der Waals surface area (Å²) < 4.78 is 42.3. The summed E-state index contributed by atoms with van der Waals surface area (Å²) >= 11 is 1.31. The molecule has 4 aromatic heterocycles. The van der Waals surface area contributed by atoms with Gasteiger partial charge < -0.3 is 4.74 Å². The van der Waals surface area contributed by atoms with Crippen molar-refractivity contribution < 1.29 is 17.9 Å². The number of ether oxygens (including phenoxy) is 1. The largest absolute Gasteiger partial charge is 0.454 e. The summed E-state index contributed by atoms with van der Waals surface area (Å²) in [6, 6.07) is 6.01. The maximum absolute atomic E-state index is 12.2. The molecule has 0 spiro atoms. The van der Waals surface area contributed by atoms with Gasteiger partial charge in [0.05, 0.1) is 12.2 Å². The number of nitrogens with zero attached hydrogens (tertiary/aromatic N) is 7. The second kappa shape index (κ2) is 8.55. The lowest BCUT2D eigenvalue weighted by atomic mass is 10.2. The number of aromatic nitrogens is 7. The number of hydrogen-bond donors (Lipinski definition) is 0. The molecule has 0 aliphatic heterocycles. The molecule has 0 amide bonds. The van der Waals surface area contributed by atoms with Crippen molar-refractivity contribution in [2.24, 2.45) is 0 Å². The molecule has 0 N–H and O–H groups in total. The standard InChI is InChI=1S/C18H12F3N7O2S/c19-18(20,21)10-30-17-23-7-12(8-24-17)13-3-4-15(29)28(27-13)9-14-25-26-16(31-14)11-2-1-5-22-6-11/h1-8H,9-10H2. The van der Waals surface area contributed by atoms with Gasteiger partial charge in [0.2, 0.25) is 0 Å². The molecule has 31 heavy (non-hydrogen) atoms. The van der Waals surface area contributed by atoms with Crippen LogP contribution in [0.1, 0.15) is 5.01 Å². The second-order valence-corrected chi connectivity index (χ2v) is 7.18. The van der Waals surface area contributed by atoms with Gasteiger partial charge >= 0.3 is 12.2 Å². The van der Waals surface area contributed by atoms with Crippen molar-refractivity contribution in [2.75, 3.05) is 6.61 Å². The summed E-state index contributed by atoms with van der Waals surface area (Å²) in [5.41, 5.74) is 1.22. The third-order valence-electron chi connectivity index (χ3n) is 3.82. The van der Waals surface area contributed by atoms with E-state index in [4.69, 9.17) is 0 Å². The summed E-state index contributed by atoms with van der Waals surface area (Å²) in [5.74, 6) is 0. The Kier molecular flexibility index (Phi) is 5.66. The third kappa shape index (κ3) is 5.25. The quantitative estimate of drug-likeness (QED) is 0.444. The maximum Gasteiger partial charge on any atom is 0.422 e. The van der Waals surface area contributed by atoms with Gasteiger partial charge in [-0.2, -0.15) is 18.3 Å². The summed E-state index contributed by atoms with van der Waals surface area (Å²) in [7, 11) is 0. The van der Waals surface area contributed by atoms with Crippen molar-refractivity contribution in [1.82, 2.24) is 34.9 Å². The maximum atomic E-state index is 12.2. The van der Waals surface area contributed by atoms with Crippen LogP contribution < -0.4 is 10.3 Å². The van der Waals surface area contributed by atoms with Gasteiger partial charge in [0.1, 0.15) is 10.0 Å². The predicted octanol–water partition coefficient (Wildman–Crippen LogP) is 2.60. The molecule has 0 saturated carbocycles. The van der Waals surface area contributed by atoms with Crippen molar-refractivity contribution in [3.63, 3.8) is 0 Å². The lowest BCUT2D eigenvalue weighted by Gasteiger charge is -2.08. The lowest BCUT2D eigenvalue weighted by Crippen LogP contribution is -2.22. The van der Waals surface area contributed by atoms with Gasteiger partial charge in [-0.05, 0) is 18.2 Å². The number of halogens is 3. The van der Waals surface area contributed by atoms with Gasteiger partial charge in [-0.25, -0.2) is 14.6 Å². The second-order valence-electron chi connectivity index (χ2n) is 6.12. The SMILES string of the molecule is O=c1ccc(-c2cnc(OCC(F)(F)F)nc2)nn1Cc1nnc(-c2cccnc2)s1. The van der Waals surface area contributed by atoms with Crippen molar-refractivity contribution in [2.45, 2.75) is 12.7 Å². The van der Waals surface area contributed by atoms with Gasteiger partial charge in [0, 0.05) is 42.0 Å². The molecule has 0 atom stereocenters. The van der Waals surface area contributed by atoms with E-state index in [1.807, 2.05) is 6.07 Å². The minimum atomic E-state index is -4.49. The molecular weight excluding hydrogens is 435 g/mol. The fourth-order valence-electron chi connectivity index (χ4n) is 2.44. The highest BCUT2D eigenvalue weighted by molar-refractivity contribution is 7.14. The minimum absolute atomic E-state index is 0.0955. The van der Waals surface area contributed by atoms with E-state index in [0.717, 1.165) is 5.56 Å². The number of hydrogen-bond acceptors (Lipinski definition) is 9. The Morgan fingerprint density at radius 2 is 1.84 bits per heavy atom. The minimum Gasteiger partial charge on any atom is -0.454 e. The molecule has 13 heteroatoms. The van der Waals surface area contributed by atoms with Crippen molar-refractivity contribution >= 4 is 11.3 Å². The molecule has 158 valence electrons.